The first-order chi connectivity index (χ1) is 9.82. The molecule has 0 bridgehead atoms. The molecule has 3 nitrogen and oxygen atoms in total. The summed E-state index contributed by atoms with van der Waals surface area (Å²) < 4.78 is 37.6. The Hall–Kier alpha value is -1.82. The van der Waals surface area contributed by atoms with Crippen molar-refractivity contribution in [3.05, 3.63) is 41.5 Å². The molecular formula is C15H18F3NO2. The molecule has 1 rings (SSSR count). The van der Waals surface area contributed by atoms with E-state index in [0.717, 1.165) is 24.6 Å². The van der Waals surface area contributed by atoms with Gasteiger partial charge in [0.05, 0.1) is 11.7 Å². The van der Waals surface area contributed by atoms with E-state index in [0.29, 0.717) is 6.42 Å². The van der Waals surface area contributed by atoms with Crippen molar-refractivity contribution in [3.8, 4) is 0 Å². The number of hydrogen-bond donors (Lipinski definition) is 2. The Bertz CT molecular complexity index is 498. The van der Waals surface area contributed by atoms with Crippen LogP contribution in [-0.4, -0.2) is 23.7 Å². The average molecular weight is 301 g/mol. The molecule has 0 spiro atoms. The maximum Gasteiger partial charge on any atom is 0.416 e. The van der Waals surface area contributed by atoms with Gasteiger partial charge in [0.25, 0.3) is 0 Å². The normalized spacial score (nSPS) is 13.4. The van der Waals surface area contributed by atoms with Gasteiger partial charge in [0, 0.05) is 12.6 Å². The number of aliphatic hydroxyl groups is 1. The van der Waals surface area contributed by atoms with Gasteiger partial charge in [0.15, 0.2) is 0 Å². The van der Waals surface area contributed by atoms with Crippen LogP contribution in [0.5, 0.6) is 0 Å². The summed E-state index contributed by atoms with van der Waals surface area (Å²) in [7, 11) is 0. The van der Waals surface area contributed by atoms with Gasteiger partial charge in [-0.25, -0.2) is 0 Å². The highest BCUT2D eigenvalue weighted by molar-refractivity contribution is 5.91. The summed E-state index contributed by atoms with van der Waals surface area (Å²) in [6, 6.07) is 4.70. The Morgan fingerprint density at radius 3 is 2.76 bits per heavy atom. The molecule has 0 aromatic heterocycles. The van der Waals surface area contributed by atoms with Crippen LogP contribution < -0.4 is 5.32 Å². The first-order valence-electron chi connectivity index (χ1n) is 6.64. The zero-order chi connectivity index (χ0) is 15.9. The van der Waals surface area contributed by atoms with Crippen LogP contribution in [0.1, 0.15) is 30.9 Å². The number of hydrogen-bond acceptors (Lipinski definition) is 2. The smallest absolute Gasteiger partial charge is 0.391 e. The van der Waals surface area contributed by atoms with E-state index in [-0.39, 0.29) is 12.1 Å². The number of carbonyl (C=O) groups excluding carboxylic acids is 1. The second-order valence-electron chi connectivity index (χ2n) is 4.64. The highest BCUT2D eigenvalue weighted by Gasteiger charge is 2.30. The van der Waals surface area contributed by atoms with Crippen molar-refractivity contribution < 1.29 is 23.1 Å². The van der Waals surface area contributed by atoms with Gasteiger partial charge in [-0.2, -0.15) is 13.2 Å². The molecule has 0 radical (unpaired) electrons. The fraction of sp³-hybridized carbons (Fsp3) is 0.400. The molecule has 116 valence electrons. The minimum Gasteiger partial charge on any atom is -0.391 e. The maximum absolute atomic E-state index is 12.5. The Labute approximate surface area is 121 Å². The van der Waals surface area contributed by atoms with E-state index in [2.05, 4.69) is 5.32 Å². The Morgan fingerprint density at radius 2 is 2.14 bits per heavy atom. The number of nitrogens with one attached hydrogen (secondary N) is 1. The summed E-state index contributed by atoms with van der Waals surface area (Å²) in [6.45, 7) is 2.04. The molecule has 21 heavy (non-hydrogen) atoms. The van der Waals surface area contributed by atoms with Gasteiger partial charge < -0.3 is 10.4 Å². The highest BCUT2D eigenvalue weighted by Crippen LogP contribution is 2.29. The van der Waals surface area contributed by atoms with Crippen molar-refractivity contribution in [2.75, 3.05) is 6.54 Å². The molecule has 0 fully saturated rings. The number of carbonyl (C=O) groups is 1. The number of halogens is 3. The fourth-order valence-electron chi connectivity index (χ4n) is 1.70. The van der Waals surface area contributed by atoms with Crippen LogP contribution in [0, 0.1) is 0 Å². The SMILES string of the molecule is CCCC(O)CNC(=O)/C=C/c1cccc(C(F)(F)F)c1. The average Bonchev–Trinajstić information content (AvgIpc) is 2.42. The first-order valence-corrected chi connectivity index (χ1v) is 6.64. The minimum absolute atomic E-state index is 0.125. The molecule has 0 saturated carbocycles. The zero-order valence-electron chi connectivity index (χ0n) is 11.7. The molecule has 2 N–H and O–H groups in total. The summed E-state index contributed by atoms with van der Waals surface area (Å²) in [5.41, 5.74) is -0.475. The van der Waals surface area contributed by atoms with Crippen LogP contribution in [0.15, 0.2) is 30.3 Å². The minimum atomic E-state index is -4.41. The van der Waals surface area contributed by atoms with Gasteiger partial charge in [0.2, 0.25) is 5.91 Å². The van der Waals surface area contributed by atoms with Crippen molar-refractivity contribution in [3.63, 3.8) is 0 Å². The molecule has 0 aliphatic carbocycles. The lowest BCUT2D eigenvalue weighted by atomic mass is 10.1. The number of aliphatic hydroxyl groups excluding tert-OH is 1. The van der Waals surface area contributed by atoms with Gasteiger partial charge in [0.1, 0.15) is 0 Å². The summed E-state index contributed by atoms with van der Waals surface area (Å²) in [4.78, 5) is 11.5. The van der Waals surface area contributed by atoms with Gasteiger partial charge in [-0.05, 0) is 30.2 Å². The lowest BCUT2D eigenvalue weighted by Gasteiger charge is -2.09. The lowest BCUT2D eigenvalue weighted by Crippen LogP contribution is -2.30. The first kappa shape index (κ1) is 17.2. The topological polar surface area (TPSA) is 49.3 Å². The lowest BCUT2D eigenvalue weighted by molar-refractivity contribution is -0.137. The Kier molecular flexibility index (Phi) is 6.42. The fourth-order valence-corrected chi connectivity index (χ4v) is 1.70. The highest BCUT2D eigenvalue weighted by atomic mass is 19.4. The van der Waals surface area contributed by atoms with E-state index in [1.54, 1.807) is 0 Å². The molecule has 1 aromatic carbocycles. The molecule has 6 heteroatoms. The van der Waals surface area contributed by atoms with Gasteiger partial charge in [-0.15, -0.1) is 0 Å². The summed E-state index contributed by atoms with van der Waals surface area (Å²) >= 11 is 0. The molecule has 1 amide bonds. The second-order valence-corrected chi connectivity index (χ2v) is 4.64. The van der Waals surface area contributed by atoms with Crippen LogP contribution in [-0.2, 0) is 11.0 Å². The van der Waals surface area contributed by atoms with E-state index in [4.69, 9.17) is 0 Å². The van der Waals surface area contributed by atoms with Crippen LogP contribution >= 0.6 is 0 Å². The van der Waals surface area contributed by atoms with Gasteiger partial charge >= 0.3 is 6.18 Å². The molecule has 0 heterocycles. The maximum atomic E-state index is 12.5. The van der Waals surface area contributed by atoms with Crippen LogP contribution in [0.4, 0.5) is 13.2 Å². The van der Waals surface area contributed by atoms with Crippen LogP contribution in [0.2, 0.25) is 0 Å². The quantitative estimate of drug-likeness (QED) is 0.794. The van der Waals surface area contributed by atoms with Crippen LogP contribution in [0.25, 0.3) is 6.08 Å². The molecule has 1 atom stereocenters. The van der Waals surface area contributed by atoms with Crippen molar-refractivity contribution >= 4 is 12.0 Å². The van der Waals surface area contributed by atoms with E-state index in [1.807, 2.05) is 6.92 Å². The largest absolute Gasteiger partial charge is 0.416 e. The van der Waals surface area contributed by atoms with E-state index in [1.165, 1.54) is 18.2 Å². The predicted molar refractivity (Wildman–Crippen MR) is 74.4 cm³/mol. The number of alkyl halides is 3. The van der Waals surface area contributed by atoms with Gasteiger partial charge in [-0.3, -0.25) is 4.79 Å². The molecule has 0 saturated heterocycles. The van der Waals surface area contributed by atoms with Crippen molar-refractivity contribution in [1.29, 1.82) is 0 Å². The van der Waals surface area contributed by atoms with Crippen LogP contribution in [0.3, 0.4) is 0 Å². The summed E-state index contributed by atoms with van der Waals surface area (Å²) in [6.07, 6.45) is -1.18. The molecule has 0 aliphatic heterocycles. The number of amides is 1. The van der Waals surface area contributed by atoms with Gasteiger partial charge in [-0.1, -0.05) is 25.5 Å². The summed E-state index contributed by atoms with van der Waals surface area (Å²) in [5.74, 6) is -0.456. The van der Waals surface area contributed by atoms with Crippen molar-refractivity contribution in [2.45, 2.75) is 32.0 Å². The third-order valence-electron chi connectivity index (χ3n) is 2.77. The Balaban J connectivity index is 2.58. The van der Waals surface area contributed by atoms with E-state index in [9.17, 15) is 23.1 Å². The van der Waals surface area contributed by atoms with E-state index >= 15 is 0 Å². The summed E-state index contributed by atoms with van der Waals surface area (Å²) in [5, 5.41) is 11.9. The standard InChI is InChI=1S/C15H18F3NO2/c1-2-4-13(20)10-19-14(21)8-7-11-5-3-6-12(9-11)15(16,17)18/h3,5-9,13,20H,2,4,10H2,1H3,(H,19,21)/b8-7+. The number of rotatable bonds is 6. The van der Waals surface area contributed by atoms with E-state index < -0.39 is 23.8 Å². The molecular weight excluding hydrogens is 283 g/mol. The number of benzene rings is 1. The van der Waals surface area contributed by atoms with Crippen molar-refractivity contribution in [2.24, 2.45) is 0 Å². The Morgan fingerprint density at radius 1 is 1.43 bits per heavy atom. The third kappa shape index (κ3) is 6.44. The molecule has 0 aliphatic rings. The third-order valence-corrected chi connectivity index (χ3v) is 2.77. The molecule has 1 unspecified atom stereocenters. The van der Waals surface area contributed by atoms with Crippen molar-refractivity contribution in [1.82, 2.24) is 5.32 Å². The molecule has 1 aromatic rings. The second kappa shape index (κ2) is 7.83. The predicted octanol–water partition coefficient (Wildman–Crippen LogP) is 3.00. The zero-order valence-corrected chi connectivity index (χ0v) is 11.7. The monoisotopic (exact) mass is 301 g/mol.